The van der Waals surface area contributed by atoms with Crippen LogP contribution in [0.15, 0.2) is 0 Å². The largest absolute Gasteiger partial charge is 0.316 e. The minimum Gasteiger partial charge on any atom is -0.316 e. The number of hydrogen-bond acceptors (Lipinski definition) is 3. The highest BCUT2D eigenvalue weighted by Crippen LogP contribution is 2.14. The molecule has 0 bridgehead atoms. The quantitative estimate of drug-likeness (QED) is 0.710. The monoisotopic (exact) mass is 211 g/mol. The van der Waals surface area contributed by atoms with E-state index in [0.717, 1.165) is 11.8 Å². The van der Waals surface area contributed by atoms with Crippen LogP contribution in [0.4, 0.5) is 0 Å². The van der Waals surface area contributed by atoms with Gasteiger partial charge in [0.1, 0.15) is 0 Å². The van der Waals surface area contributed by atoms with Gasteiger partial charge in [-0.25, -0.2) is 0 Å². The maximum atomic E-state index is 3.65. The van der Waals surface area contributed by atoms with Gasteiger partial charge in [0.2, 0.25) is 0 Å². The van der Waals surface area contributed by atoms with Crippen molar-refractivity contribution in [2.24, 2.45) is 11.8 Å². The first-order chi connectivity index (χ1) is 7.34. The molecule has 2 atom stereocenters. The predicted octanol–water partition coefficient (Wildman–Crippen LogP) is 0.527. The summed E-state index contributed by atoms with van der Waals surface area (Å²) in [6.45, 7) is 7.46. The molecule has 2 aliphatic heterocycles. The van der Waals surface area contributed by atoms with Crippen LogP contribution in [-0.4, -0.2) is 51.2 Å². The third-order valence-corrected chi connectivity index (χ3v) is 3.75. The molecule has 0 saturated carbocycles. The number of nitrogens with one attached hydrogen (secondary N) is 2. The Morgan fingerprint density at radius 1 is 1.27 bits per heavy atom. The molecule has 0 aromatic rings. The van der Waals surface area contributed by atoms with Crippen molar-refractivity contribution >= 4 is 0 Å². The van der Waals surface area contributed by atoms with Gasteiger partial charge in [-0.05, 0) is 70.9 Å². The summed E-state index contributed by atoms with van der Waals surface area (Å²) in [6, 6.07) is 0. The third-order valence-electron chi connectivity index (χ3n) is 3.75. The Hall–Kier alpha value is -0.120. The summed E-state index contributed by atoms with van der Waals surface area (Å²) in [7, 11) is 2.24. The lowest BCUT2D eigenvalue weighted by Gasteiger charge is -2.30. The maximum Gasteiger partial charge on any atom is 0.00187 e. The molecule has 2 rings (SSSR count). The molecule has 0 aromatic heterocycles. The normalized spacial score (nSPS) is 33.4. The molecule has 2 heterocycles. The van der Waals surface area contributed by atoms with E-state index in [2.05, 4.69) is 22.6 Å². The summed E-state index contributed by atoms with van der Waals surface area (Å²) in [4.78, 5) is 2.47. The molecule has 2 N–H and O–H groups in total. The van der Waals surface area contributed by atoms with Crippen molar-refractivity contribution < 1.29 is 0 Å². The fraction of sp³-hybridized carbons (Fsp3) is 1.00. The first kappa shape index (κ1) is 11.4. The third kappa shape index (κ3) is 3.74. The lowest BCUT2D eigenvalue weighted by Crippen LogP contribution is -2.38. The zero-order valence-electron chi connectivity index (χ0n) is 9.97. The first-order valence-electron chi connectivity index (χ1n) is 6.44. The van der Waals surface area contributed by atoms with Crippen molar-refractivity contribution in [2.75, 3.05) is 46.3 Å². The van der Waals surface area contributed by atoms with E-state index in [1.165, 1.54) is 58.5 Å². The fourth-order valence-electron chi connectivity index (χ4n) is 2.82. The van der Waals surface area contributed by atoms with E-state index in [0.29, 0.717) is 0 Å². The Bertz CT molecular complexity index is 178. The summed E-state index contributed by atoms with van der Waals surface area (Å²) < 4.78 is 0. The fourth-order valence-corrected chi connectivity index (χ4v) is 2.82. The molecule has 3 nitrogen and oxygen atoms in total. The average molecular weight is 211 g/mol. The van der Waals surface area contributed by atoms with E-state index >= 15 is 0 Å². The van der Waals surface area contributed by atoms with Crippen LogP contribution >= 0.6 is 0 Å². The molecule has 0 spiro atoms. The van der Waals surface area contributed by atoms with Gasteiger partial charge >= 0.3 is 0 Å². The van der Waals surface area contributed by atoms with E-state index in [1.54, 1.807) is 0 Å². The number of nitrogens with zero attached hydrogens (tertiary/aromatic N) is 1. The van der Waals surface area contributed by atoms with Gasteiger partial charge in [0, 0.05) is 6.54 Å². The van der Waals surface area contributed by atoms with Crippen molar-refractivity contribution in [3.05, 3.63) is 0 Å². The summed E-state index contributed by atoms with van der Waals surface area (Å²) in [6.07, 6.45) is 4.16. The molecule has 0 radical (unpaired) electrons. The number of piperidine rings is 1. The van der Waals surface area contributed by atoms with Crippen molar-refractivity contribution in [3.63, 3.8) is 0 Å². The SMILES string of the molecule is CN1CCCC(CNCC2CCNC2)C1. The Balaban J connectivity index is 1.56. The predicted molar refractivity (Wildman–Crippen MR) is 64.1 cm³/mol. The van der Waals surface area contributed by atoms with Crippen LogP contribution in [0.1, 0.15) is 19.3 Å². The molecular weight excluding hydrogens is 186 g/mol. The number of likely N-dealkylation sites (tertiary alicyclic amines) is 1. The summed E-state index contributed by atoms with van der Waals surface area (Å²) in [5.41, 5.74) is 0. The maximum absolute atomic E-state index is 3.65. The average Bonchev–Trinajstić information content (AvgIpc) is 2.71. The molecule has 15 heavy (non-hydrogen) atoms. The van der Waals surface area contributed by atoms with Crippen LogP contribution in [0.25, 0.3) is 0 Å². The van der Waals surface area contributed by atoms with E-state index < -0.39 is 0 Å². The number of rotatable bonds is 4. The van der Waals surface area contributed by atoms with Crippen molar-refractivity contribution in [3.8, 4) is 0 Å². The van der Waals surface area contributed by atoms with E-state index in [4.69, 9.17) is 0 Å². The van der Waals surface area contributed by atoms with E-state index in [9.17, 15) is 0 Å². The number of hydrogen-bond donors (Lipinski definition) is 2. The Morgan fingerprint density at radius 2 is 2.13 bits per heavy atom. The van der Waals surface area contributed by atoms with Crippen LogP contribution in [-0.2, 0) is 0 Å². The molecule has 0 amide bonds. The van der Waals surface area contributed by atoms with E-state index in [-0.39, 0.29) is 0 Å². The molecule has 2 aliphatic rings. The highest BCUT2D eigenvalue weighted by atomic mass is 15.1. The Morgan fingerprint density at radius 3 is 2.87 bits per heavy atom. The molecule has 88 valence electrons. The summed E-state index contributed by atoms with van der Waals surface area (Å²) in [5, 5.41) is 7.07. The zero-order valence-corrected chi connectivity index (χ0v) is 9.97. The molecule has 2 fully saturated rings. The standard InChI is InChI=1S/C12H25N3/c1-15-6-2-3-12(10-15)9-14-8-11-4-5-13-7-11/h11-14H,2-10H2,1H3. The van der Waals surface area contributed by atoms with Crippen LogP contribution < -0.4 is 10.6 Å². The van der Waals surface area contributed by atoms with Gasteiger partial charge in [0.05, 0.1) is 0 Å². The topological polar surface area (TPSA) is 27.3 Å². The summed E-state index contributed by atoms with van der Waals surface area (Å²) in [5.74, 6) is 1.77. The van der Waals surface area contributed by atoms with Crippen molar-refractivity contribution in [1.82, 2.24) is 15.5 Å². The highest BCUT2D eigenvalue weighted by Gasteiger charge is 2.18. The molecule has 0 aromatic carbocycles. The molecule has 0 aliphatic carbocycles. The van der Waals surface area contributed by atoms with Crippen LogP contribution in [0.5, 0.6) is 0 Å². The second-order valence-corrected chi connectivity index (χ2v) is 5.29. The van der Waals surface area contributed by atoms with Crippen molar-refractivity contribution in [2.45, 2.75) is 19.3 Å². The Labute approximate surface area is 93.6 Å². The van der Waals surface area contributed by atoms with Crippen molar-refractivity contribution in [1.29, 1.82) is 0 Å². The first-order valence-corrected chi connectivity index (χ1v) is 6.44. The Kier molecular flexibility index (Phi) is 4.42. The van der Waals surface area contributed by atoms with Gasteiger partial charge in [-0.15, -0.1) is 0 Å². The lowest BCUT2D eigenvalue weighted by atomic mass is 9.98. The molecule has 3 heteroatoms. The van der Waals surface area contributed by atoms with Gasteiger partial charge in [0.15, 0.2) is 0 Å². The van der Waals surface area contributed by atoms with Gasteiger partial charge in [-0.2, -0.15) is 0 Å². The van der Waals surface area contributed by atoms with Crippen LogP contribution in [0, 0.1) is 11.8 Å². The molecule has 2 saturated heterocycles. The molecular formula is C12H25N3. The van der Waals surface area contributed by atoms with Gasteiger partial charge < -0.3 is 15.5 Å². The highest BCUT2D eigenvalue weighted by molar-refractivity contribution is 4.76. The second kappa shape index (κ2) is 5.83. The van der Waals surface area contributed by atoms with Crippen LogP contribution in [0.2, 0.25) is 0 Å². The zero-order chi connectivity index (χ0) is 10.5. The summed E-state index contributed by atoms with van der Waals surface area (Å²) >= 11 is 0. The second-order valence-electron chi connectivity index (χ2n) is 5.29. The van der Waals surface area contributed by atoms with Crippen LogP contribution in [0.3, 0.4) is 0 Å². The van der Waals surface area contributed by atoms with Gasteiger partial charge in [0.25, 0.3) is 0 Å². The van der Waals surface area contributed by atoms with Gasteiger partial charge in [-0.1, -0.05) is 0 Å². The lowest BCUT2D eigenvalue weighted by molar-refractivity contribution is 0.205. The molecule has 2 unspecified atom stereocenters. The minimum atomic E-state index is 0.881. The van der Waals surface area contributed by atoms with E-state index in [1.807, 2.05) is 0 Å². The van der Waals surface area contributed by atoms with Gasteiger partial charge in [-0.3, -0.25) is 0 Å². The minimum absolute atomic E-state index is 0.881. The smallest absolute Gasteiger partial charge is 0.00187 e.